The van der Waals surface area contributed by atoms with E-state index in [1.807, 2.05) is 0 Å². The Morgan fingerprint density at radius 1 is 1.33 bits per heavy atom. The zero-order chi connectivity index (χ0) is 13.0. The van der Waals surface area contributed by atoms with E-state index >= 15 is 0 Å². The molecule has 1 aliphatic carbocycles. The van der Waals surface area contributed by atoms with Crippen LogP contribution in [0, 0.1) is 6.92 Å². The Kier molecular flexibility index (Phi) is 4.65. The van der Waals surface area contributed by atoms with Crippen molar-refractivity contribution in [1.29, 1.82) is 0 Å². The number of rotatable bonds is 5. The third-order valence-electron chi connectivity index (χ3n) is 3.89. The van der Waals surface area contributed by atoms with E-state index in [1.54, 1.807) is 0 Å². The van der Waals surface area contributed by atoms with Crippen molar-refractivity contribution in [1.82, 2.24) is 0 Å². The molecule has 1 saturated carbocycles. The Balaban J connectivity index is 2.14. The summed E-state index contributed by atoms with van der Waals surface area (Å²) in [6.45, 7) is 4.27. The summed E-state index contributed by atoms with van der Waals surface area (Å²) >= 11 is 0. The number of nitrogens with two attached hydrogens (primary N) is 1. The van der Waals surface area contributed by atoms with E-state index in [1.165, 1.54) is 36.8 Å². The molecule has 0 saturated heterocycles. The minimum absolute atomic E-state index is 0.234. The van der Waals surface area contributed by atoms with Crippen molar-refractivity contribution in [3.8, 4) is 5.75 Å². The van der Waals surface area contributed by atoms with Crippen LogP contribution in [0.15, 0.2) is 18.2 Å². The van der Waals surface area contributed by atoms with Crippen molar-refractivity contribution in [2.45, 2.75) is 64.5 Å². The third kappa shape index (κ3) is 3.26. The second kappa shape index (κ2) is 6.24. The quantitative estimate of drug-likeness (QED) is 0.863. The van der Waals surface area contributed by atoms with E-state index < -0.39 is 0 Å². The molecule has 2 nitrogen and oxygen atoms in total. The lowest BCUT2D eigenvalue weighted by Gasteiger charge is -2.20. The molecule has 0 aliphatic heterocycles. The smallest absolute Gasteiger partial charge is 0.125 e. The van der Waals surface area contributed by atoms with Crippen LogP contribution in [0.1, 0.15) is 50.2 Å². The summed E-state index contributed by atoms with van der Waals surface area (Å²) in [5.41, 5.74) is 8.59. The summed E-state index contributed by atoms with van der Waals surface area (Å²) < 4.78 is 6.23. The molecule has 0 spiro atoms. The fourth-order valence-electron chi connectivity index (χ4n) is 2.64. The number of ether oxygens (including phenoxy) is 1. The van der Waals surface area contributed by atoms with Gasteiger partial charge in [-0.25, -0.2) is 0 Å². The van der Waals surface area contributed by atoms with Crippen LogP contribution in [0.5, 0.6) is 5.75 Å². The van der Waals surface area contributed by atoms with Crippen molar-refractivity contribution in [2.75, 3.05) is 0 Å². The van der Waals surface area contributed by atoms with Gasteiger partial charge < -0.3 is 10.5 Å². The van der Waals surface area contributed by atoms with Gasteiger partial charge in [0, 0.05) is 6.04 Å². The summed E-state index contributed by atoms with van der Waals surface area (Å²) in [5.74, 6) is 1.09. The summed E-state index contributed by atoms with van der Waals surface area (Å²) in [6.07, 6.45) is 7.36. The van der Waals surface area contributed by atoms with Gasteiger partial charge in [0.1, 0.15) is 5.75 Å². The lowest BCUT2D eigenvalue weighted by atomic mass is 10.0. The zero-order valence-corrected chi connectivity index (χ0v) is 11.6. The lowest BCUT2D eigenvalue weighted by Crippen LogP contribution is -2.22. The van der Waals surface area contributed by atoms with Crippen LogP contribution in [-0.2, 0) is 6.42 Å². The summed E-state index contributed by atoms with van der Waals surface area (Å²) in [7, 11) is 0. The van der Waals surface area contributed by atoms with Gasteiger partial charge in [0.2, 0.25) is 0 Å². The third-order valence-corrected chi connectivity index (χ3v) is 3.89. The Morgan fingerprint density at radius 2 is 2.06 bits per heavy atom. The fourth-order valence-corrected chi connectivity index (χ4v) is 2.64. The SMILES string of the molecule is CCC(N)Cc1cccc(C)c1OC1CCCC1. The molecule has 0 bridgehead atoms. The molecule has 0 aromatic heterocycles. The molecule has 0 radical (unpaired) electrons. The van der Waals surface area contributed by atoms with E-state index in [2.05, 4.69) is 32.0 Å². The molecule has 2 heteroatoms. The first-order valence-corrected chi connectivity index (χ1v) is 7.21. The maximum atomic E-state index is 6.23. The van der Waals surface area contributed by atoms with E-state index in [4.69, 9.17) is 10.5 Å². The first kappa shape index (κ1) is 13.4. The van der Waals surface area contributed by atoms with Crippen LogP contribution in [0.2, 0.25) is 0 Å². The van der Waals surface area contributed by atoms with Gasteiger partial charge in [0.05, 0.1) is 6.10 Å². The van der Waals surface area contributed by atoms with Crippen LogP contribution < -0.4 is 10.5 Å². The monoisotopic (exact) mass is 247 g/mol. The standard InChI is InChI=1S/C16H25NO/c1-3-14(17)11-13-8-6-7-12(2)16(13)18-15-9-4-5-10-15/h6-8,14-15H,3-5,9-11,17H2,1-2H3. The van der Waals surface area contributed by atoms with Gasteiger partial charge in [0.15, 0.2) is 0 Å². The molecule has 1 atom stereocenters. The molecule has 2 N–H and O–H groups in total. The van der Waals surface area contributed by atoms with Crippen molar-refractivity contribution in [2.24, 2.45) is 5.73 Å². The van der Waals surface area contributed by atoms with E-state index in [9.17, 15) is 0 Å². The molecule has 100 valence electrons. The van der Waals surface area contributed by atoms with Crippen molar-refractivity contribution in [3.05, 3.63) is 29.3 Å². The molecule has 0 heterocycles. The minimum atomic E-state index is 0.234. The Morgan fingerprint density at radius 3 is 2.72 bits per heavy atom. The van der Waals surface area contributed by atoms with Crippen molar-refractivity contribution < 1.29 is 4.74 Å². The molecule has 2 rings (SSSR count). The van der Waals surface area contributed by atoms with Gasteiger partial charge in [-0.2, -0.15) is 0 Å². The lowest BCUT2D eigenvalue weighted by molar-refractivity contribution is 0.206. The number of benzene rings is 1. The van der Waals surface area contributed by atoms with Gasteiger partial charge in [-0.1, -0.05) is 25.1 Å². The molecular weight excluding hydrogens is 222 g/mol. The highest BCUT2D eigenvalue weighted by molar-refractivity contribution is 5.41. The number of para-hydroxylation sites is 1. The Bertz CT molecular complexity index is 383. The molecule has 0 amide bonds. The highest BCUT2D eigenvalue weighted by Gasteiger charge is 2.19. The Labute approximate surface area is 111 Å². The first-order valence-electron chi connectivity index (χ1n) is 7.21. The van der Waals surface area contributed by atoms with Crippen molar-refractivity contribution >= 4 is 0 Å². The fraction of sp³-hybridized carbons (Fsp3) is 0.625. The highest BCUT2D eigenvalue weighted by atomic mass is 16.5. The van der Waals surface area contributed by atoms with Crippen LogP contribution in [0.3, 0.4) is 0 Å². The first-order chi connectivity index (χ1) is 8.70. The number of hydrogen-bond donors (Lipinski definition) is 1. The molecule has 1 fully saturated rings. The summed E-state index contributed by atoms with van der Waals surface area (Å²) in [5, 5.41) is 0. The van der Waals surface area contributed by atoms with Gasteiger partial charge >= 0.3 is 0 Å². The van der Waals surface area contributed by atoms with Crippen LogP contribution in [0.4, 0.5) is 0 Å². The van der Waals surface area contributed by atoms with E-state index in [0.717, 1.165) is 18.6 Å². The van der Waals surface area contributed by atoms with Crippen LogP contribution in [-0.4, -0.2) is 12.1 Å². The average molecular weight is 247 g/mol. The predicted molar refractivity (Wildman–Crippen MR) is 76.0 cm³/mol. The maximum Gasteiger partial charge on any atom is 0.125 e. The van der Waals surface area contributed by atoms with Gasteiger partial charge in [-0.05, 0) is 56.6 Å². The number of hydrogen-bond acceptors (Lipinski definition) is 2. The Hall–Kier alpha value is -1.02. The largest absolute Gasteiger partial charge is 0.490 e. The molecule has 18 heavy (non-hydrogen) atoms. The molecule has 1 unspecified atom stereocenters. The highest BCUT2D eigenvalue weighted by Crippen LogP contribution is 2.30. The summed E-state index contributed by atoms with van der Waals surface area (Å²) in [4.78, 5) is 0. The number of aryl methyl sites for hydroxylation is 1. The predicted octanol–water partition coefficient (Wildman–Crippen LogP) is 3.60. The summed E-state index contributed by atoms with van der Waals surface area (Å²) in [6, 6.07) is 6.63. The molecular formula is C16H25NO. The van der Waals surface area contributed by atoms with Gasteiger partial charge in [-0.3, -0.25) is 0 Å². The van der Waals surface area contributed by atoms with E-state index in [-0.39, 0.29) is 6.04 Å². The van der Waals surface area contributed by atoms with Gasteiger partial charge in [0.25, 0.3) is 0 Å². The molecule has 1 aromatic carbocycles. The normalized spacial score (nSPS) is 17.9. The van der Waals surface area contributed by atoms with Crippen LogP contribution >= 0.6 is 0 Å². The minimum Gasteiger partial charge on any atom is -0.490 e. The molecule has 1 aromatic rings. The topological polar surface area (TPSA) is 35.2 Å². The molecule has 1 aliphatic rings. The van der Waals surface area contributed by atoms with Gasteiger partial charge in [-0.15, -0.1) is 0 Å². The van der Waals surface area contributed by atoms with Crippen LogP contribution in [0.25, 0.3) is 0 Å². The average Bonchev–Trinajstić information content (AvgIpc) is 2.86. The second-order valence-electron chi connectivity index (χ2n) is 5.46. The maximum absolute atomic E-state index is 6.23. The zero-order valence-electron chi connectivity index (χ0n) is 11.6. The van der Waals surface area contributed by atoms with E-state index in [0.29, 0.717) is 6.10 Å². The second-order valence-corrected chi connectivity index (χ2v) is 5.46. The van der Waals surface area contributed by atoms with Crippen molar-refractivity contribution in [3.63, 3.8) is 0 Å².